The number of carbonyl (C=O) groups excluding carboxylic acids is 2. The number of benzene rings is 3. The largest absolute Gasteiger partial charge is 0.482 e. The fraction of sp³-hybridized carbons (Fsp3) is 0.130. The molecule has 0 fully saturated rings. The third-order valence-electron chi connectivity index (χ3n) is 4.59. The van der Waals surface area contributed by atoms with Crippen molar-refractivity contribution in [2.24, 2.45) is 0 Å². The molecule has 0 aromatic heterocycles. The van der Waals surface area contributed by atoms with Crippen molar-refractivity contribution in [3.8, 4) is 5.75 Å². The van der Waals surface area contributed by atoms with Crippen LogP contribution < -0.4 is 20.3 Å². The number of ether oxygens (including phenoxy) is 1. The molecule has 0 saturated heterocycles. The molecule has 2 amide bonds. The second kappa shape index (κ2) is 8.06. The van der Waals surface area contributed by atoms with Gasteiger partial charge in [-0.2, -0.15) is 0 Å². The van der Waals surface area contributed by atoms with Crippen molar-refractivity contribution < 1.29 is 14.3 Å². The lowest BCUT2D eigenvalue weighted by Gasteiger charge is -2.29. The Kier molecular flexibility index (Phi) is 5.16. The van der Waals surface area contributed by atoms with Crippen LogP contribution in [0, 0.1) is 6.92 Å². The summed E-state index contributed by atoms with van der Waals surface area (Å²) in [5, 5.41) is 6.14. The van der Waals surface area contributed by atoms with Crippen molar-refractivity contribution >= 4 is 34.6 Å². The van der Waals surface area contributed by atoms with Crippen molar-refractivity contribution in [2.75, 3.05) is 28.7 Å². The zero-order valence-corrected chi connectivity index (χ0v) is 16.0. The van der Waals surface area contributed by atoms with E-state index in [9.17, 15) is 9.59 Å². The van der Waals surface area contributed by atoms with Crippen LogP contribution in [0.2, 0.25) is 0 Å². The van der Waals surface area contributed by atoms with E-state index in [1.807, 2.05) is 79.7 Å². The Balaban J connectivity index is 1.41. The first kappa shape index (κ1) is 18.6. The van der Waals surface area contributed by atoms with E-state index in [0.717, 1.165) is 16.9 Å². The van der Waals surface area contributed by atoms with Crippen molar-refractivity contribution in [1.82, 2.24) is 0 Å². The maximum atomic E-state index is 12.5. The molecule has 0 unspecified atom stereocenters. The summed E-state index contributed by atoms with van der Waals surface area (Å²) in [5.41, 5.74) is 4.19. The first-order chi connectivity index (χ1) is 14.1. The number of hydrogen-bond acceptors (Lipinski definition) is 4. The number of fused-ring (bicyclic) bond motifs is 1. The Labute approximate surface area is 169 Å². The average Bonchev–Trinajstić information content (AvgIpc) is 2.72. The SMILES string of the molecule is Cc1ccc2c(c1)N(CC(=O)Nc1ccc(Nc3ccccc3)cc1)C(=O)CO2. The first-order valence-electron chi connectivity index (χ1n) is 9.34. The number of nitrogens with one attached hydrogen (secondary N) is 2. The number of nitrogens with zero attached hydrogens (tertiary/aromatic N) is 1. The Morgan fingerprint density at radius 3 is 2.41 bits per heavy atom. The molecule has 6 heteroatoms. The summed E-state index contributed by atoms with van der Waals surface area (Å²) in [5.74, 6) is 0.108. The van der Waals surface area contributed by atoms with Crippen LogP contribution in [0.5, 0.6) is 5.75 Å². The van der Waals surface area contributed by atoms with Crippen LogP contribution >= 0.6 is 0 Å². The maximum absolute atomic E-state index is 12.5. The number of rotatable bonds is 5. The molecule has 0 radical (unpaired) electrons. The second-order valence-electron chi connectivity index (χ2n) is 6.86. The number of carbonyl (C=O) groups is 2. The molecular formula is C23H21N3O3. The van der Waals surface area contributed by atoms with Gasteiger partial charge in [0.15, 0.2) is 6.61 Å². The zero-order valence-electron chi connectivity index (χ0n) is 16.0. The van der Waals surface area contributed by atoms with Crippen LogP contribution in [0.4, 0.5) is 22.7 Å². The van der Waals surface area contributed by atoms with Crippen LogP contribution in [0.25, 0.3) is 0 Å². The highest BCUT2D eigenvalue weighted by molar-refractivity contribution is 6.05. The fourth-order valence-corrected chi connectivity index (χ4v) is 3.15. The smallest absolute Gasteiger partial charge is 0.265 e. The van der Waals surface area contributed by atoms with E-state index >= 15 is 0 Å². The minimum atomic E-state index is -0.267. The molecule has 4 rings (SSSR count). The summed E-state index contributed by atoms with van der Waals surface area (Å²) >= 11 is 0. The molecule has 1 heterocycles. The highest BCUT2D eigenvalue weighted by atomic mass is 16.5. The Hall–Kier alpha value is -3.80. The molecule has 0 spiro atoms. The summed E-state index contributed by atoms with van der Waals surface area (Å²) in [7, 11) is 0. The molecule has 6 nitrogen and oxygen atoms in total. The van der Waals surface area contributed by atoms with E-state index < -0.39 is 0 Å². The quantitative estimate of drug-likeness (QED) is 0.691. The third-order valence-corrected chi connectivity index (χ3v) is 4.59. The molecular weight excluding hydrogens is 366 g/mol. The molecule has 2 N–H and O–H groups in total. The van der Waals surface area contributed by atoms with Gasteiger partial charge in [0.25, 0.3) is 5.91 Å². The van der Waals surface area contributed by atoms with Gasteiger partial charge in [-0.1, -0.05) is 24.3 Å². The van der Waals surface area contributed by atoms with Gasteiger partial charge in [0.05, 0.1) is 5.69 Å². The normalized spacial score (nSPS) is 12.7. The van der Waals surface area contributed by atoms with Crippen LogP contribution in [-0.4, -0.2) is 25.0 Å². The summed E-state index contributed by atoms with van der Waals surface area (Å²) in [6, 6.07) is 22.9. The van der Waals surface area contributed by atoms with Gasteiger partial charge in [-0.05, 0) is 61.0 Å². The number of amides is 2. The van der Waals surface area contributed by atoms with E-state index in [0.29, 0.717) is 17.1 Å². The van der Waals surface area contributed by atoms with E-state index in [2.05, 4.69) is 10.6 Å². The molecule has 0 saturated carbocycles. The van der Waals surface area contributed by atoms with Gasteiger partial charge in [0.1, 0.15) is 12.3 Å². The van der Waals surface area contributed by atoms with Crippen LogP contribution in [0.1, 0.15) is 5.56 Å². The summed E-state index contributed by atoms with van der Waals surface area (Å²) in [6.07, 6.45) is 0. The van der Waals surface area contributed by atoms with E-state index in [-0.39, 0.29) is 25.0 Å². The van der Waals surface area contributed by atoms with Gasteiger partial charge in [0.2, 0.25) is 5.91 Å². The maximum Gasteiger partial charge on any atom is 0.265 e. The van der Waals surface area contributed by atoms with Gasteiger partial charge in [-0.15, -0.1) is 0 Å². The van der Waals surface area contributed by atoms with E-state index in [1.54, 1.807) is 0 Å². The first-order valence-corrected chi connectivity index (χ1v) is 9.34. The van der Waals surface area contributed by atoms with Crippen molar-refractivity contribution in [1.29, 1.82) is 0 Å². The summed E-state index contributed by atoms with van der Waals surface area (Å²) in [4.78, 5) is 26.3. The molecule has 29 heavy (non-hydrogen) atoms. The van der Waals surface area contributed by atoms with E-state index in [4.69, 9.17) is 4.74 Å². The summed E-state index contributed by atoms with van der Waals surface area (Å²) < 4.78 is 5.45. The molecule has 0 atom stereocenters. The topological polar surface area (TPSA) is 70.7 Å². The van der Waals surface area contributed by atoms with Crippen molar-refractivity contribution in [3.05, 3.63) is 78.4 Å². The minimum absolute atomic E-state index is 0.0663. The molecule has 1 aliphatic heterocycles. The molecule has 1 aliphatic rings. The Morgan fingerprint density at radius 2 is 1.66 bits per heavy atom. The lowest BCUT2D eigenvalue weighted by Crippen LogP contribution is -2.43. The average molecular weight is 387 g/mol. The second-order valence-corrected chi connectivity index (χ2v) is 6.86. The lowest BCUT2D eigenvalue weighted by molar-refractivity contribution is -0.123. The Bertz CT molecular complexity index is 1030. The highest BCUT2D eigenvalue weighted by Gasteiger charge is 2.27. The van der Waals surface area contributed by atoms with Crippen molar-refractivity contribution in [3.63, 3.8) is 0 Å². The van der Waals surface area contributed by atoms with Gasteiger partial charge < -0.3 is 15.4 Å². The standard InChI is InChI=1S/C23H21N3O3/c1-16-7-12-21-20(13-16)26(23(28)15-29-21)14-22(27)25-19-10-8-18(9-11-19)24-17-5-3-2-4-6-17/h2-13,24H,14-15H2,1H3,(H,25,27). The van der Waals surface area contributed by atoms with Gasteiger partial charge in [0, 0.05) is 17.1 Å². The van der Waals surface area contributed by atoms with Crippen LogP contribution in [0.3, 0.4) is 0 Å². The molecule has 146 valence electrons. The molecule has 0 bridgehead atoms. The Morgan fingerprint density at radius 1 is 0.966 bits per heavy atom. The number of anilines is 4. The number of para-hydroxylation sites is 1. The molecule has 0 aliphatic carbocycles. The predicted octanol–water partition coefficient (Wildman–Crippen LogP) is 4.10. The van der Waals surface area contributed by atoms with E-state index in [1.165, 1.54) is 4.90 Å². The number of hydrogen-bond donors (Lipinski definition) is 2. The monoisotopic (exact) mass is 387 g/mol. The molecule has 3 aromatic rings. The number of aryl methyl sites for hydroxylation is 1. The molecule has 3 aromatic carbocycles. The predicted molar refractivity (Wildman–Crippen MR) is 114 cm³/mol. The summed E-state index contributed by atoms with van der Waals surface area (Å²) in [6.45, 7) is 1.80. The fourth-order valence-electron chi connectivity index (χ4n) is 3.15. The zero-order chi connectivity index (χ0) is 20.2. The van der Waals surface area contributed by atoms with Crippen molar-refractivity contribution in [2.45, 2.75) is 6.92 Å². The third kappa shape index (κ3) is 4.38. The highest BCUT2D eigenvalue weighted by Crippen LogP contribution is 2.32. The van der Waals surface area contributed by atoms with Gasteiger partial charge in [-0.25, -0.2) is 0 Å². The lowest BCUT2D eigenvalue weighted by atomic mass is 10.1. The van der Waals surface area contributed by atoms with Gasteiger partial charge >= 0.3 is 0 Å². The minimum Gasteiger partial charge on any atom is -0.482 e. The van der Waals surface area contributed by atoms with Crippen LogP contribution in [-0.2, 0) is 9.59 Å². The van der Waals surface area contributed by atoms with Crippen LogP contribution in [0.15, 0.2) is 72.8 Å². The van der Waals surface area contributed by atoms with Gasteiger partial charge in [-0.3, -0.25) is 14.5 Å².